The molecule has 8 heteroatoms. The Morgan fingerprint density at radius 3 is 2.87 bits per heavy atom. The average Bonchev–Trinajstić information content (AvgIpc) is 3.01. The van der Waals surface area contributed by atoms with Crippen LogP contribution in [0.2, 0.25) is 0 Å². The summed E-state index contributed by atoms with van der Waals surface area (Å²) in [6.07, 6.45) is 1.91. The summed E-state index contributed by atoms with van der Waals surface area (Å²) in [4.78, 5) is 12.3. The molecule has 1 fully saturated rings. The molecule has 1 atom stereocenters. The van der Waals surface area contributed by atoms with Crippen LogP contribution in [0.25, 0.3) is 0 Å². The molecule has 0 aliphatic carbocycles. The van der Waals surface area contributed by atoms with Gasteiger partial charge in [0.25, 0.3) is 5.91 Å². The van der Waals surface area contributed by atoms with Crippen molar-refractivity contribution < 1.29 is 17.6 Å². The minimum absolute atomic E-state index is 0.0421. The fourth-order valence-corrected chi connectivity index (χ4v) is 4.44. The Balaban J connectivity index is 1.80. The number of rotatable bonds is 3. The summed E-state index contributed by atoms with van der Waals surface area (Å²) >= 11 is 0. The van der Waals surface area contributed by atoms with Gasteiger partial charge in [0.1, 0.15) is 5.82 Å². The molecule has 3 rings (SSSR count). The first-order valence-corrected chi connectivity index (χ1v) is 8.99. The third-order valence-electron chi connectivity index (χ3n) is 3.93. The van der Waals surface area contributed by atoms with Crippen LogP contribution in [-0.4, -0.2) is 35.6 Å². The number of sulfone groups is 1. The second-order valence-corrected chi connectivity index (χ2v) is 7.84. The molecule has 0 saturated carbocycles. The van der Waals surface area contributed by atoms with Gasteiger partial charge in [0, 0.05) is 11.4 Å². The molecule has 122 valence electrons. The first kappa shape index (κ1) is 15.7. The Bertz CT molecular complexity index is 861. The van der Waals surface area contributed by atoms with E-state index in [9.17, 15) is 17.6 Å². The molecule has 1 N–H and O–H groups in total. The quantitative estimate of drug-likeness (QED) is 0.928. The predicted molar refractivity (Wildman–Crippen MR) is 83.6 cm³/mol. The highest BCUT2D eigenvalue weighted by atomic mass is 32.2. The van der Waals surface area contributed by atoms with Crippen LogP contribution in [0.5, 0.6) is 0 Å². The minimum Gasteiger partial charge on any atom is -0.322 e. The fraction of sp³-hybridized carbons (Fsp3) is 0.333. The Morgan fingerprint density at radius 1 is 1.43 bits per heavy atom. The maximum atomic E-state index is 13.2. The Morgan fingerprint density at radius 2 is 2.22 bits per heavy atom. The van der Waals surface area contributed by atoms with Crippen molar-refractivity contribution in [3.8, 4) is 0 Å². The van der Waals surface area contributed by atoms with Crippen molar-refractivity contribution in [2.75, 3.05) is 16.8 Å². The highest BCUT2D eigenvalue weighted by Crippen LogP contribution is 2.25. The van der Waals surface area contributed by atoms with Gasteiger partial charge in [0.05, 0.1) is 29.3 Å². The Kier molecular flexibility index (Phi) is 3.93. The summed E-state index contributed by atoms with van der Waals surface area (Å²) in [6, 6.07) is 5.37. The van der Waals surface area contributed by atoms with Gasteiger partial charge >= 0.3 is 0 Å². The van der Waals surface area contributed by atoms with Crippen molar-refractivity contribution in [1.82, 2.24) is 9.78 Å². The van der Waals surface area contributed by atoms with E-state index in [1.165, 1.54) is 24.4 Å². The van der Waals surface area contributed by atoms with E-state index in [-0.39, 0.29) is 17.5 Å². The summed E-state index contributed by atoms with van der Waals surface area (Å²) in [6.45, 7) is 1.72. The molecule has 1 unspecified atom stereocenters. The number of carbonyl (C=O) groups excluding carboxylic acids is 1. The van der Waals surface area contributed by atoms with Crippen molar-refractivity contribution in [3.05, 3.63) is 47.5 Å². The smallest absolute Gasteiger partial charge is 0.259 e. The largest absolute Gasteiger partial charge is 0.322 e. The summed E-state index contributed by atoms with van der Waals surface area (Å²) < 4.78 is 37.9. The molecule has 1 saturated heterocycles. The highest BCUT2D eigenvalue weighted by Gasteiger charge is 2.31. The molecule has 1 amide bonds. The van der Waals surface area contributed by atoms with Gasteiger partial charge in [-0.3, -0.25) is 9.48 Å². The van der Waals surface area contributed by atoms with E-state index < -0.39 is 21.6 Å². The number of amides is 1. The fourth-order valence-electron chi connectivity index (χ4n) is 2.75. The molecule has 6 nitrogen and oxygen atoms in total. The molecule has 1 aliphatic heterocycles. The first-order chi connectivity index (χ1) is 10.9. The van der Waals surface area contributed by atoms with Crippen molar-refractivity contribution in [3.63, 3.8) is 0 Å². The van der Waals surface area contributed by atoms with E-state index in [4.69, 9.17) is 0 Å². The number of hydrogen-bond donors (Lipinski definition) is 1. The van der Waals surface area contributed by atoms with Crippen molar-refractivity contribution in [1.29, 1.82) is 0 Å². The topological polar surface area (TPSA) is 81.1 Å². The molecule has 1 aliphatic rings. The number of carbonyl (C=O) groups is 1. The normalized spacial score (nSPS) is 19.7. The van der Waals surface area contributed by atoms with Crippen LogP contribution in [0.3, 0.4) is 0 Å². The van der Waals surface area contributed by atoms with E-state index in [0.717, 1.165) is 0 Å². The molecule has 23 heavy (non-hydrogen) atoms. The lowest BCUT2D eigenvalue weighted by Gasteiger charge is -2.11. The zero-order chi connectivity index (χ0) is 16.6. The van der Waals surface area contributed by atoms with Crippen LogP contribution in [0, 0.1) is 12.7 Å². The van der Waals surface area contributed by atoms with Crippen molar-refractivity contribution >= 4 is 21.4 Å². The monoisotopic (exact) mass is 337 g/mol. The molecular weight excluding hydrogens is 321 g/mol. The lowest BCUT2D eigenvalue weighted by molar-refractivity contribution is 0.102. The third-order valence-corrected chi connectivity index (χ3v) is 5.68. The Hall–Kier alpha value is -2.22. The average molecular weight is 337 g/mol. The van der Waals surface area contributed by atoms with Crippen LogP contribution in [0.15, 0.2) is 30.5 Å². The highest BCUT2D eigenvalue weighted by molar-refractivity contribution is 7.91. The van der Waals surface area contributed by atoms with Crippen LogP contribution >= 0.6 is 0 Å². The lowest BCUT2D eigenvalue weighted by Crippen LogP contribution is -2.16. The van der Waals surface area contributed by atoms with Crippen LogP contribution < -0.4 is 5.32 Å². The molecule has 2 heterocycles. The number of benzene rings is 1. The first-order valence-electron chi connectivity index (χ1n) is 7.17. The van der Waals surface area contributed by atoms with Crippen LogP contribution in [0.4, 0.5) is 10.1 Å². The number of aromatic nitrogens is 2. The van der Waals surface area contributed by atoms with Gasteiger partial charge in [-0.05, 0) is 31.5 Å². The summed E-state index contributed by atoms with van der Waals surface area (Å²) in [5.41, 5.74) is 1.30. The summed E-state index contributed by atoms with van der Waals surface area (Å²) in [5.74, 6) is -0.658. The lowest BCUT2D eigenvalue weighted by atomic mass is 10.2. The van der Waals surface area contributed by atoms with Gasteiger partial charge in [0.2, 0.25) is 0 Å². The zero-order valence-corrected chi connectivity index (χ0v) is 13.3. The second kappa shape index (κ2) is 5.77. The molecule has 1 aromatic carbocycles. The molecule has 1 aromatic heterocycles. The predicted octanol–water partition coefficient (Wildman–Crippen LogP) is 1.94. The van der Waals surface area contributed by atoms with Gasteiger partial charge < -0.3 is 5.32 Å². The van der Waals surface area contributed by atoms with Crippen molar-refractivity contribution in [2.45, 2.75) is 19.4 Å². The molecule has 0 bridgehead atoms. The van der Waals surface area contributed by atoms with Gasteiger partial charge in [-0.1, -0.05) is 6.07 Å². The molecular formula is C15H16FN3O3S. The van der Waals surface area contributed by atoms with E-state index >= 15 is 0 Å². The number of nitrogens with one attached hydrogen (secondary N) is 1. The zero-order valence-electron chi connectivity index (χ0n) is 12.5. The SMILES string of the molecule is Cc1c(C(=O)Nc2cccc(F)c2)cnn1C1CCS(=O)(=O)C1. The standard InChI is InChI=1S/C15H16FN3O3S/c1-10-14(15(20)18-12-4-2-3-11(16)7-12)8-17-19(10)13-5-6-23(21,22)9-13/h2-4,7-8,13H,5-6,9H2,1H3,(H,18,20). The number of halogens is 1. The van der Waals surface area contributed by atoms with E-state index in [1.54, 1.807) is 17.7 Å². The Labute approximate surface area is 133 Å². The summed E-state index contributed by atoms with van der Waals surface area (Å²) in [7, 11) is -3.03. The van der Waals surface area contributed by atoms with Gasteiger partial charge in [0.15, 0.2) is 9.84 Å². The van der Waals surface area contributed by atoms with Gasteiger partial charge in [-0.2, -0.15) is 5.10 Å². The number of anilines is 1. The number of hydrogen-bond acceptors (Lipinski definition) is 4. The van der Waals surface area contributed by atoms with E-state index in [0.29, 0.717) is 23.4 Å². The maximum Gasteiger partial charge on any atom is 0.259 e. The molecule has 0 spiro atoms. The third kappa shape index (κ3) is 3.26. The van der Waals surface area contributed by atoms with Crippen LogP contribution in [-0.2, 0) is 9.84 Å². The van der Waals surface area contributed by atoms with Gasteiger partial charge in [-0.15, -0.1) is 0 Å². The molecule has 2 aromatic rings. The number of nitrogens with zero attached hydrogens (tertiary/aromatic N) is 2. The minimum atomic E-state index is -3.03. The summed E-state index contributed by atoms with van der Waals surface area (Å²) in [5, 5.41) is 6.77. The van der Waals surface area contributed by atoms with Gasteiger partial charge in [-0.25, -0.2) is 12.8 Å². The maximum absolute atomic E-state index is 13.2. The van der Waals surface area contributed by atoms with Crippen molar-refractivity contribution in [2.24, 2.45) is 0 Å². The van der Waals surface area contributed by atoms with E-state index in [2.05, 4.69) is 10.4 Å². The van der Waals surface area contributed by atoms with Crippen LogP contribution in [0.1, 0.15) is 28.5 Å². The molecule has 0 radical (unpaired) electrons. The van der Waals surface area contributed by atoms with E-state index in [1.807, 2.05) is 0 Å². The second-order valence-electron chi connectivity index (χ2n) is 5.61.